The second-order valence-electron chi connectivity index (χ2n) is 5.09. The van der Waals surface area contributed by atoms with E-state index in [1.807, 2.05) is 30.3 Å². The Labute approximate surface area is 135 Å². The van der Waals surface area contributed by atoms with Crippen LogP contribution in [-0.2, 0) is 11.2 Å². The number of amides is 1. The van der Waals surface area contributed by atoms with Crippen molar-refractivity contribution in [3.8, 4) is 5.75 Å². The topological polar surface area (TPSA) is 66.8 Å². The van der Waals surface area contributed by atoms with Crippen LogP contribution in [0.1, 0.15) is 15.9 Å². The third kappa shape index (κ3) is 4.85. The van der Waals surface area contributed by atoms with Crippen molar-refractivity contribution in [3.05, 3.63) is 65.7 Å². The van der Waals surface area contributed by atoms with Crippen molar-refractivity contribution in [2.45, 2.75) is 6.42 Å². The Morgan fingerprint density at radius 2 is 1.83 bits per heavy atom. The Bertz CT molecular complexity index is 670. The highest BCUT2D eigenvalue weighted by atomic mass is 16.5. The number of aliphatic carboxylic acids is 1. The molecule has 120 valence electrons. The van der Waals surface area contributed by atoms with E-state index in [4.69, 9.17) is 9.84 Å². The Balaban J connectivity index is 2.13. The van der Waals surface area contributed by atoms with Gasteiger partial charge in [0.15, 0.2) is 0 Å². The van der Waals surface area contributed by atoms with Gasteiger partial charge in [-0.3, -0.25) is 9.59 Å². The minimum atomic E-state index is -1.03. The number of hydrogen-bond donors (Lipinski definition) is 1. The molecule has 2 aromatic carbocycles. The van der Waals surface area contributed by atoms with Crippen molar-refractivity contribution in [3.63, 3.8) is 0 Å². The number of benzene rings is 2. The van der Waals surface area contributed by atoms with Crippen LogP contribution in [0.25, 0.3) is 0 Å². The number of nitrogens with zero attached hydrogens (tertiary/aromatic N) is 1. The normalized spacial score (nSPS) is 10.1. The van der Waals surface area contributed by atoms with Crippen LogP contribution in [0.5, 0.6) is 5.75 Å². The van der Waals surface area contributed by atoms with Gasteiger partial charge in [-0.2, -0.15) is 0 Å². The number of hydrogen-bond acceptors (Lipinski definition) is 3. The first-order valence-electron chi connectivity index (χ1n) is 7.29. The predicted octanol–water partition coefficient (Wildman–Crippen LogP) is 2.46. The van der Waals surface area contributed by atoms with Gasteiger partial charge in [0.2, 0.25) is 0 Å². The molecular weight excluding hydrogens is 294 g/mol. The fourth-order valence-corrected chi connectivity index (χ4v) is 2.26. The van der Waals surface area contributed by atoms with Gasteiger partial charge in [-0.15, -0.1) is 0 Å². The molecule has 0 spiro atoms. The van der Waals surface area contributed by atoms with E-state index in [1.54, 1.807) is 24.3 Å². The van der Waals surface area contributed by atoms with Crippen LogP contribution < -0.4 is 4.74 Å². The first-order valence-corrected chi connectivity index (χ1v) is 7.29. The van der Waals surface area contributed by atoms with Crippen molar-refractivity contribution in [1.29, 1.82) is 0 Å². The fourth-order valence-electron chi connectivity index (χ4n) is 2.26. The molecule has 2 rings (SSSR count). The molecule has 1 amide bonds. The smallest absolute Gasteiger partial charge is 0.323 e. The molecule has 0 aliphatic rings. The number of carboxylic acids is 1. The number of rotatable bonds is 7. The molecule has 0 atom stereocenters. The highest BCUT2D eigenvalue weighted by Gasteiger charge is 2.18. The van der Waals surface area contributed by atoms with Gasteiger partial charge in [-0.25, -0.2) is 0 Å². The summed E-state index contributed by atoms with van der Waals surface area (Å²) in [5, 5.41) is 9.06. The second-order valence-corrected chi connectivity index (χ2v) is 5.09. The molecule has 0 heterocycles. The average molecular weight is 313 g/mol. The zero-order valence-corrected chi connectivity index (χ0v) is 12.9. The summed E-state index contributed by atoms with van der Waals surface area (Å²) in [5.74, 6) is -0.786. The summed E-state index contributed by atoms with van der Waals surface area (Å²) < 4.78 is 5.11. The maximum atomic E-state index is 12.6. The van der Waals surface area contributed by atoms with E-state index < -0.39 is 5.97 Å². The molecule has 23 heavy (non-hydrogen) atoms. The fraction of sp³-hybridized carbons (Fsp3) is 0.222. The molecular formula is C18H19NO4. The van der Waals surface area contributed by atoms with Crippen LogP contribution in [0.15, 0.2) is 54.6 Å². The molecule has 0 aromatic heterocycles. The lowest BCUT2D eigenvalue weighted by molar-refractivity contribution is -0.137. The van der Waals surface area contributed by atoms with Gasteiger partial charge in [0, 0.05) is 12.1 Å². The molecule has 2 aromatic rings. The molecule has 0 unspecified atom stereocenters. The summed E-state index contributed by atoms with van der Waals surface area (Å²) in [7, 11) is 1.52. The largest absolute Gasteiger partial charge is 0.497 e. The molecule has 0 fully saturated rings. The maximum Gasteiger partial charge on any atom is 0.323 e. The molecule has 5 nitrogen and oxygen atoms in total. The van der Waals surface area contributed by atoms with Gasteiger partial charge >= 0.3 is 5.97 Å². The summed E-state index contributed by atoms with van der Waals surface area (Å²) in [4.78, 5) is 25.0. The molecule has 0 radical (unpaired) electrons. The van der Waals surface area contributed by atoms with Crippen LogP contribution in [0.3, 0.4) is 0 Å². The number of carbonyl (C=O) groups excluding carboxylic acids is 1. The average Bonchev–Trinajstić information content (AvgIpc) is 2.58. The van der Waals surface area contributed by atoms with E-state index in [-0.39, 0.29) is 12.5 Å². The summed E-state index contributed by atoms with van der Waals surface area (Å²) in [6.07, 6.45) is 0.601. The molecule has 0 bridgehead atoms. The Hall–Kier alpha value is -2.82. The third-order valence-corrected chi connectivity index (χ3v) is 3.44. The SMILES string of the molecule is COc1cccc(C(=O)N(CCc2ccccc2)CC(=O)O)c1. The monoisotopic (exact) mass is 313 g/mol. The third-order valence-electron chi connectivity index (χ3n) is 3.44. The predicted molar refractivity (Wildman–Crippen MR) is 86.7 cm³/mol. The summed E-state index contributed by atoms with van der Waals surface area (Å²) in [6.45, 7) is 0.00916. The van der Waals surface area contributed by atoms with Crippen molar-refractivity contribution in [2.24, 2.45) is 0 Å². The standard InChI is InChI=1S/C18H19NO4/c1-23-16-9-5-8-15(12-16)18(22)19(13-17(20)21)11-10-14-6-3-2-4-7-14/h2-9,12H,10-11,13H2,1H3,(H,20,21). The van der Waals surface area contributed by atoms with Crippen molar-refractivity contribution < 1.29 is 19.4 Å². The molecule has 0 aliphatic heterocycles. The Morgan fingerprint density at radius 3 is 2.48 bits per heavy atom. The molecule has 0 aliphatic carbocycles. The molecule has 0 saturated heterocycles. The number of methoxy groups -OCH3 is 1. The van der Waals surface area contributed by atoms with Gasteiger partial charge in [0.25, 0.3) is 5.91 Å². The minimum absolute atomic E-state index is 0.317. The highest BCUT2D eigenvalue weighted by molar-refractivity contribution is 5.96. The van der Waals surface area contributed by atoms with Crippen LogP contribution in [-0.4, -0.2) is 42.1 Å². The van der Waals surface area contributed by atoms with Crippen molar-refractivity contribution in [2.75, 3.05) is 20.2 Å². The summed E-state index contributed by atoms with van der Waals surface area (Å²) in [5.41, 5.74) is 1.47. The number of carbonyl (C=O) groups is 2. The van der Waals surface area contributed by atoms with Crippen LogP contribution in [0.4, 0.5) is 0 Å². The van der Waals surface area contributed by atoms with Crippen LogP contribution in [0, 0.1) is 0 Å². The lowest BCUT2D eigenvalue weighted by Gasteiger charge is -2.21. The number of ether oxygens (including phenoxy) is 1. The van der Waals surface area contributed by atoms with Gasteiger partial charge < -0.3 is 14.7 Å². The second kappa shape index (κ2) is 7.98. The van der Waals surface area contributed by atoms with E-state index >= 15 is 0 Å². The van der Waals surface area contributed by atoms with E-state index in [9.17, 15) is 9.59 Å². The van der Waals surface area contributed by atoms with Crippen LogP contribution >= 0.6 is 0 Å². The maximum absolute atomic E-state index is 12.6. The highest BCUT2D eigenvalue weighted by Crippen LogP contribution is 2.15. The van der Waals surface area contributed by atoms with Gasteiger partial charge in [0.1, 0.15) is 12.3 Å². The van der Waals surface area contributed by atoms with E-state index in [0.29, 0.717) is 24.3 Å². The number of carboxylic acid groups (broad SMARTS) is 1. The van der Waals surface area contributed by atoms with Gasteiger partial charge in [0.05, 0.1) is 7.11 Å². The van der Waals surface area contributed by atoms with Gasteiger partial charge in [-0.05, 0) is 30.2 Å². The lowest BCUT2D eigenvalue weighted by Crippen LogP contribution is -2.37. The van der Waals surface area contributed by atoms with E-state index in [0.717, 1.165) is 5.56 Å². The molecule has 1 N–H and O–H groups in total. The van der Waals surface area contributed by atoms with E-state index in [2.05, 4.69) is 0 Å². The zero-order chi connectivity index (χ0) is 16.7. The summed E-state index contributed by atoms with van der Waals surface area (Å²) in [6, 6.07) is 16.4. The lowest BCUT2D eigenvalue weighted by atomic mass is 10.1. The van der Waals surface area contributed by atoms with Crippen LogP contribution in [0.2, 0.25) is 0 Å². The Morgan fingerprint density at radius 1 is 1.09 bits per heavy atom. The van der Waals surface area contributed by atoms with Crippen molar-refractivity contribution >= 4 is 11.9 Å². The molecule has 0 saturated carbocycles. The van der Waals surface area contributed by atoms with Gasteiger partial charge in [-0.1, -0.05) is 36.4 Å². The Kier molecular flexibility index (Phi) is 5.74. The first kappa shape index (κ1) is 16.5. The molecule has 5 heteroatoms. The summed E-state index contributed by atoms with van der Waals surface area (Å²) >= 11 is 0. The van der Waals surface area contributed by atoms with Crippen molar-refractivity contribution in [1.82, 2.24) is 4.90 Å². The first-order chi connectivity index (χ1) is 11.1. The minimum Gasteiger partial charge on any atom is -0.497 e. The zero-order valence-electron chi connectivity index (χ0n) is 12.9. The van der Waals surface area contributed by atoms with E-state index in [1.165, 1.54) is 12.0 Å². The quantitative estimate of drug-likeness (QED) is 0.852.